The number of hydrogen-bond acceptors (Lipinski definition) is 9. The molecule has 3 aromatic carbocycles. The Kier molecular flexibility index (Phi) is 9.07. The number of nitrogens with zero attached hydrogens (tertiary/aromatic N) is 1. The van der Waals surface area contributed by atoms with E-state index in [0.29, 0.717) is 17.1 Å². The molecule has 2 heterocycles. The first-order valence-corrected chi connectivity index (χ1v) is 15.7. The van der Waals surface area contributed by atoms with Crippen LogP contribution in [-0.2, 0) is 29.4 Å². The smallest absolute Gasteiger partial charge is 0.330 e. The van der Waals surface area contributed by atoms with Gasteiger partial charge in [0.25, 0.3) is 15.7 Å². The molecule has 1 fully saturated rings. The number of rotatable bonds is 11. The fourth-order valence-corrected chi connectivity index (χ4v) is 6.08. The molecule has 1 aromatic heterocycles. The van der Waals surface area contributed by atoms with E-state index in [0.717, 1.165) is 22.9 Å². The molecule has 5 rings (SSSR count). The third-order valence-electron chi connectivity index (χ3n) is 7.57. The molecule has 0 bridgehead atoms. The van der Waals surface area contributed by atoms with E-state index >= 15 is 0 Å². The van der Waals surface area contributed by atoms with E-state index in [4.69, 9.17) is 23.1 Å². The second-order valence-corrected chi connectivity index (χ2v) is 12.1. The Hall–Kier alpha value is -4.23. The van der Waals surface area contributed by atoms with Gasteiger partial charge in [0, 0.05) is 18.2 Å². The highest BCUT2D eigenvalue weighted by atomic mass is 32.2. The van der Waals surface area contributed by atoms with Gasteiger partial charge < -0.3 is 18.9 Å². The van der Waals surface area contributed by atoms with Crippen molar-refractivity contribution in [2.24, 2.45) is 0 Å². The average molecular weight is 623 g/mol. The molecule has 11 nitrogen and oxygen atoms in total. The van der Waals surface area contributed by atoms with Gasteiger partial charge in [-0.3, -0.25) is 18.5 Å². The number of H-pyrrole nitrogens is 1. The summed E-state index contributed by atoms with van der Waals surface area (Å²) in [5.74, 6) is 1.33. The average Bonchev–Trinajstić information content (AvgIpc) is 3.41. The summed E-state index contributed by atoms with van der Waals surface area (Å²) in [7, 11) is -0.730. The largest absolute Gasteiger partial charge is 0.497 e. The molecule has 232 valence electrons. The van der Waals surface area contributed by atoms with Crippen LogP contribution < -0.4 is 20.7 Å². The minimum Gasteiger partial charge on any atom is -0.497 e. The van der Waals surface area contributed by atoms with Crippen LogP contribution in [0.4, 0.5) is 0 Å². The zero-order valence-corrected chi connectivity index (χ0v) is 25.6. The fraction of sp³-hybridized carbons (Fsp3) is 0.312. The lowest BCUT2D eigenvalue weighted by Gasteiger charge is -2.37. The molecule has 0 radical (unpaired) electrons. The number of ether oxygens (including phenoxy) is 4. The molecule has 0 spiro atoms. The Morgan fingerprint density at radius 3 is 1.95 bits per heavy atom. The highest BCUT2D eigenvalue weighted by Crippen LogP contribution is 2.43. The summed E-state index contributed by atoms with van der Waals surface area (Å²) in [6.45, 7) is 1.44. The number of benzene rings is 3. The van der Waals surface area contributed by atoms with Crippen LogP contribution in [0, 0.1) is 6.92 Å². The SMILES string of the molecule is COc1ccc(C(OC[C@@H]2O[C@@H](n3cc(C)c(=O)[nH]c3=O)C[C@H]2OS(C)(=O)=O)(c2ccccc2)c2ccc(OC)cc2)cc1. The van der Waals surface area contributed by atoms with Crippen LogP contribution in [0.3, 0.4) is 0 Å². The second kappa shape index (κ2) is 12.8. The second-order valence-electron chi connectivity index (χ2n) is 10.5. The van der Waals surface area contributed by atoms with Gasteiger partial charge in [-0.2, -0.15) is 8.42 Å². The number of aromatic amines is 1. The van der Waals surface area contributed by atoms with Crippen molar-refractivity contribution in [1.29, 1.82) is 0 Å². The van der Waals surface area contributed by atoms with Gasteiger partial charge in [-0.25, -0.2) is 4.79 Å². The van der Waals surface area contributed by atoms with Gasteiger partial charge in [0.1, 0.15) is 35.5 Å². The monoisotopic (exact) mass is 622 g/mol. The van der Waals surface area contributed by atoms with E-state index in [1.54, 1.807) is 21.1 Å². The van der Waals surface area contributed by atoms with Crippen molar-refractivity contribution in [3.05, 3.63) is 128 Å². The maximum Gasteiger partial charge on any atom is 0.330 e. The molecule has 0 amide bonds. The molecule has 1 saturated heterocycles. The maximum atomic E-state index is 12.7. The van der Waals surface area contributed by atoms with Crippen LogP contribution >= 0.6 is 0 Å². The standard InChI is InChI=1S/C32H34N2O9S/c1-21-19-34(31(36)33-30(21)35)29-18-27(43-44(4,37)38)28(42-29)20-41-32(22-8-6-5-7-9-22,23-10-14-25(39-2)15-11-23)24-12-16-26(40-3)17-13-24/h5-17,19,27-29H,18,20H2,1-4H3,(H,33,35,36)/t27-,28+,29-/m1/s1. The minimum absolute atomic E-state index is 0.0237. The Morgan fingerprint density at radius 1 is 0.886 bits per heavy atom. The Bertz CT molecular complexity index is 1750. The van der Waals surface area contributed by atoms with Gasteiger partial charge in [-0.1, -0.05) is 54.6 Å². The number of nitrogens with one attached hydrogen (secondary N) is 1. The molecule has 12 heteroatoms. The van der Waals surface area contributed by atoms with Gasteiger partial charge >= 0.3 is 5.69 Å². The highest BCUT2D eigenvalue weighted by molar-refractivity contribution is 7.86. The number of hydrogen-bond donors (Lipinski definition) is 1. The molecular formula is C32H34N2O9S. The van der Waals surface area contributed by atoms with Crippen molar-refractivity contribution in [2.45, 2.75) is 37.4 Å². The first-order valence-electron chi connectivity index (χ1n) is 13.9. The predicted octanol–water partition coefficient (Wildman–Crippen LogP) is 3.50. The van der Waals surface area contributed by atoms with E-state index in [9.17, 15) is 18.0 Å². The van der Waals surface area contributed by atoms with Gasteiger partial charge in [0.05, 0.1) is 27.1 Å². The van der Waals surface area contributed by atoms with Crippen molar-refractivity contribution >= 4 is 10.1 Å². The fourth-order valence-electron chi connectivity index (χ4n) is 5.43. The van der Waals surface area contributed by atoms with E-state index < -0.39 is 45.4 Å². The normalized spacial score (nSPS) is 18.7. The molecule has 1 N–H and O–H groups in total. The Balaban J connectivity index is 1.59. The van der Waals surface area contributed by atoms with E-state index in [-0.39, 0.29) is 13.0 Å². The molecule has 0 aliphatic carbocycles. The van der Waals surface area contributed by atoms with Gasteiger partial charge in [0.15, 0.2) is 0 Å². The van der Waals surface area contributed by atoms with E-state index in [1.165, 1.54) is 10.8 Å². The van der Waals surface area contributed by atoms with E-state index in [1.807, 2.05) is 78.9 Å². The molecule has 1 aliphatic rings. The first-order chi connectivity index (χ1) is 21.0. The number of aryl methyl sites for hydroxylation is 1. The van der Waals surface area contributed by atoms with E-state index in [2.05, 4.69) is 4.98 Å². The lowest BCUT2D eigenvalue weighted by molar-refractivity contribution is -0.0910. The third-order valence-corrected chi connectivity index (χ3v) is 8.17. The van der Waals surface area contributed by atoms with Crippen LogP contribution in [0.1, 0.15) is 34.9 Å². The predicted molar refractivity (Wildman–Crippen MR) is 163 cm³/mol. The minimum atomic E-state index is -3.91. The zero-order valence-electron chi connectivity index (χ0n) is 24.8. The summed E-state index contributed by atoms with van der Waals surface area (Å²) in [5.41, 5.74) is 0.269. The summed E-state index contributed by atoms with van der Waals surface area (Å²) < 4.78 is 55.2. The number of methoxy groups -OCH3 is 2. The number of aromatic nitrogens is 2. The van der Waals surface area contributed by atoms with Gasteiger partial charge in [-0.05, 0) is 47.9 Å². The summed E-state index contributed by atoms with van der Waals surface area (Å²) in [6.07, 6.45) is -0.433. The summed E-state index contributed by atoms with van der Waals surface area (Å²) in [4.78, 5) is 26.9. The third kappa shape index (κ3) is 6.48. The van der Waals surface area contributed by atoms with Crippen molar-refractivity contribution in [3.63, 3.8) is 0 Å². The summed E-state index contributed by atoms with van der Waals surface area (Å²) in [6, 6.07) is 24.6. The summed E-state index contributed by atoms with van der Waals surface area (Å²) in [5, 5.41) is 0. The van der Waals surface area contributed by atoms with Gasteiger partial charge in [-0.15, -0.1) is 0 Å². The van der Waals surface area contributed by atoms with Crippen LogP contribution in [0.5, 0.6) is 11.5 Å². The first kappa shape index (κ1) is 31.2. The Morgan fingerprint density at radius 2 is 1.43 bits per heavy atom. The van der Waals surface area contributed by atoms with Crippen molar-refractivity contribution in [1.82, 2.24) is 9.55 Å². The molecule has 0 unspecified atom stereocenters. The molecular weight excluding hydrogens is 588 g/mol. The molecule has 3 atom stereocenters. The molecule has 4 aromatic rings. The lowest BCUT2D eigenvalue weighted by atomic mass is 9.80. The quantitative estimate of drug-likeness (QED) is 0.197. The topological polar surface area (TPSA) is 135 Å². The molecule has 44 heavy (non-hydrogen) atoms. The van der Waals surface area contributed by atoms with Crippen molar-refractivity contribution in [3.8, 4) is 11.5 Å². The van der Waals surface area contributed by atoms with Crippen molar-refractivity contribution < 1.29 is 31.5 Å². The van der Waals surface area contributed by atoms with Crippen molar-refractivity contribution in [2.75, 3.05) is 27.1 Å². The molecule has 1 aliphatic heterocycles. The van der Waals surface area contributed by atoms with Crippen LogP contribution in [0.2, 0.25) is 0 Å². The van der Waals surface area contributed by atoms with Crippen LogP contribution in [0.15, 0.2) is 94.6 Å². The van der Waals surface area contributed by atoms with Crippen LogP contribution in [0.25, 0.3) is 0 Å². The zero-order chi connectivity index (χ0) is 31.5. The summed E-state index contributed by atoms with van der Waals surface area (Å²) >= 11 is 0. The van der Waals surface area contributed by atoms with Gasteiger partial charge in [0.2, 0.25) is 0 Å². The Labute approximate surface area is 255 Å². The molecule has 0 saturated carbocycles. The highest BCUT2D eigenvalue weighted by Gasteiger charge is 2.44. The van der Waals surface area contributed by atoms with Crippen LogP contribution in [-0.4, -0.2) is 57.3 Å². The lowest BCUT2D eigenvalue weighted by Crippen LogP contribution is -2.39. The maximum absolute atomic E-state index is 12.7.